The molecule has 1 amide bonds. The molecule has 0 fully saturated rings. The Hall–Kier alpha value is -2.53. The van der Waals surface area contributed by atoms with Crippen LogP contribution in [0.4, 0.5) is 5.69 Å². The van der Waals surface area contributed by atoms with Gasteiger partial charge in [0.2, 0.25) is 0 Å². The number of non-ortho nitro benzene ring substituents is 1. The number of hydrogen-bond acceptors (Lipinski definition) is 5. The number of benzene rings is 2. The van der Waals surface area contributed by atoms with E-state index in [1.807, 2.05) is 12.1 Å². The van der Waals surface area contributed by atoms with Crippen molar-refractivity contribution in [2.75, 3.05) is 20.8 Å². The first kappa shape index (κ1) is 21.8. The maximum absolute atomic E-state index is 12.0. The second-order valence-corrected chi connectivity index (χ2v) is 9.25. The average molecular weight is 448 g/mol. The number of ether oxygens (including phenoxy) is 2. The van der Waals surface area contributed by atoms with Crippen LogP contribution in [0.1, 0.15) is 22.3 Å². The van der Waals surface area contributed by atoms with Crippen LogP contribution in [0.15, 0.2) is 42.5 Å². The molecule has 0 aromatic heterocycles. The minimum atomic E-state index is -0.478. The predicted molar refractivity (Wildman–Crippen MR) is 110 cm³/mol. The normalized spacial score (nSPS) is 10.8. The van der Waals surface area contributed by atoms with E-state index in [-0.39, 0.29) is 27.3 Å². The van der Waals surface area contributed by atoms with Crippen LogP contribution in [0.3, 0.4) is 0 Å². The number of hydrogen-bond donors (Lipinski definition) is 1. The first-order valence-electron chi connectivity index (χ1n) is 8.99. The number of nitrogens with one attached hydrogen (secondary N) is 1. The Kier molecular flexibility index (Phi) is 8.82. The molecule has 2 aromatic rings. The first-order chi connectivity index (χ1) is 13.5. The number of carbonyl (C=O) groups is 1. The van der Waals surface area contributed by atoms with Crippen molar-refractivity contribution in [1.82, 2.24) is 5.32 Å². The molecule has 7 nitrogen and oxygen atoms in total. The SMILES string of the molecule is COc1ccc(CC[AsH]CCCNC(=O)c2ccc([N+](=O)[O-])cc2)cc1OC. The van der Waals surface area contributed by atoms with Crippen LogP contribution in [0, 0.1) is 10.1 Å². The van der Waals surface area contributed by atoms with Gasteiger partial charge in [-0.15, -0.1) is 0 Å². The third-order valence-corrected chi connectivity index (χ3v) is 6.94. The summed E-state index contributed by atoms with van der Waals surface area (Å²) < 4.78 is 10.6. The van der Waals surface area contributed by atoms with Gasteiger partial charge >= 0.3 is 171 Å². The molecule has 0 saturated heterocycles. The van der Waals surface area contributed by atoms with Crippen LogP contribution in [-0.4, -0.2) is 47.3 Å². The second-order valence-electron chi connectivity index (χ2n) is 6.10. The number of methoxy groups -OCH3 is 2. The Labute approximate surface area is 171 Å². The molecule has 0 saturated carbocycles. The topological polar surface area (TPSA) is 90.7 Å². The van der Waals surface area contributed by atoms with E-state index in [2.05, 4.69) is 11.4 Å². The van der Waals surface area contributed by atoms with Crippen LogP contribution in [0.5, 0.6) is 11.5 Å². The average Bonchev–Trinajstić information content (AvgIpc) is 2.72. The van der Waals surface area contributed by atoms with E-state index < -0.39 is 4.92 Å². The van der Waals surface area contributed by atoms with Gasteiger partial charge in [-0.2, -0.15) is 0 Å². The second kappa shape index (κ2) is 11.3. The molecule has 150 valence electrons. The fourth-order valence-corrected chi connectivity index (χ4v) is 5.04. The van der Waals surface area contributed by atoms with Crippen molar-refractivity contribution in [3.63, 3.8) is 0 Å². The molecule has 0 aliphatic rings. The number of nitrogens with zero attached hydrogens (tertiary/aromatic N) is 1. The van der Waals surface area contributed by atoms with E-state index in [9.17, 15) is 14.9 Å². The van der Waals surface area contributed by atoms with Crippen molar-refractivity contribution >= 4 is 27.3 Å². The summed E-state index contributed by atoms with van der Waals surface area (Å²) in [6.07, 6.45) is 1.97. The molecule has 8 heteroatoms. The van der Waals surface area contributed by atoms with Gasteiger partial charge in [0.05, 0.1) is 0 Å². The summed E-state index contributed by atoms with van der Waals surface area (Å²) in [6, 6.07) is 11.7. The van der Waals surface area contributed by atoms with Crippen LogP contribution >= 0.6 is 0 Å². The number of rotatable bonds is 11. The van der Waals surface area contributed by atoms with Crippen molar-refractivity contribution in [3.8, 4) is 11.5 Å². The molecule has 2 rings (SSSR count). The summed E-state index contributed by atoms with van der Waals surface area (Å²) in [4.78, 5) is 22.2. The van der Waals surface area contributed by atoms with E-state index in [1.165, 1.54) is 35.0 Å². The predicted octanol–water partition coefficient (Wildman–Crippen LogP) is 3.25. The molecule has 28 heavy (non-hydrogen) atoms. The van der Waals surface area contributed by atoms with Gasteiger partial charge in [-0.1, -0.05) is 0 Å². The number of nitro benzene ring substituents is 1. The van der Waals surface area contributed by atoms with E-state index in [1.54, 1.807) is 14.2 Å². The maximum atomic E-state index is 12.0. The Morgan fingerprint density at radius 3 is 2.43 bits per heavy atom. The van der Waals surface area contributed by atoms with Gasteiger partial charge in [-0.3, -0.25) is 0 Å². The molecular formula is C20H25AsN2O5. The standard InChI is InChI=1S/C20H25AsN2O5/c1-27-18-9-4-15(14-19(18)28-2)10-12-21-11-3-13-22-20(24)16-5-7-17(8-6-16)23(25)26/h4-9,14,21H,3,10-13H2,1-2H3,(H,22,24). The van der Waals surface area contributed by atoms with Crippen LogP contribution in [0.25, 0.3) is 0 Å². The molecule has 0 bridgehead atoms. The number of amides is 1. The quantitative estimate of drug-likeness (QED) is 0.247. The van der Waals surface area contributed by atoms with Crippen molar-refractivity contribution in [1.29, 1.82) is 0 Å². The molecule has 1 unspecified atom stereocenters. The zero-order chi connectivity index (χ0) is 20.4. The number of carbonyl (C=O) groups excluding carboxylic acids is 1. The van der Waals surface area contributed by atoms with Crippen LogP contribution < -0.4 is 14.8 Å². The number of aryl methyl sites for hydroxylation is 1. The molecule has 0 aliphatic carbocycles. The van der Waals surface area contributed by atoms with Gasteiger partial charge in [-0.25, -0.2) is 0 Å². The molecular weight excluding hydrogens is 423 g/mol. The summed E-state index contributed by atoms with van der Waals surface area (Å²) in [6.45, 7) is 0.621. The van der Waals surface area contributed by atoms with Gasteiger partial charge in [0.25, 0.3) is 0 Å². The fourth-order valence-electron chi connectivity index (χ4n) is 2.65. The van der Waals surface area contributed by atoms with Gasteiger partial charge < -0.3 is 0 Å². The monoisotopic (exact) mass is 448 g/mol. The van der Waals surface area contributed by atoms with E-state index in [0.29, 0.717) is 12.1 Å². The van der Waals surface area contributed by atoms with Crippen molar-refractivity contribution in [2.24, 2.45) is 0 Å². The Morgan fingerprint density at radius 1 is 1.07 bits per heavy atom. The third kappa shape index (κ3) is 6.57. The van der Waals surface area contributed by atoms with Gasteiger partial charge in [0.15, 0.2) is 0 Å². The van der Waals surface area contributed by atoms with E-state index >= 15 is 0 Å². The van der Waals surface area contributed by atoms with Crippen molar-refractivity contribution < 1.29 is 19.2 Å². The fraction of sp³-hybridized carbons (Fsp3) is 0.350. The summed E-state index contributed by atoms with van der Waals surface area (Å²) in [5.74, 6) is 1.31. The Balaban J connectivity index is 1.63. The van der Waals surface area contributed by atoms with E-state index in [0.717, 1.165) is 29.5 Å². The molecule has 1 N–H and O–H groups in total. The molecule has 1 atom stereocenters. The summed E-state index contributed by atoms with van der Waals surface area (Å²) in [5.41, 5.74) is 1.67. The van der Waals surface area contributed by atoms with Crippen molar-refractivity contribution in [2.45, 2.75) is 23.3 Å². The molecule has 2 aromatic carbocycles. The Bertz CT molecular complexity index is 796. The van der Waals surface area contributed by atoms with Gasteiger partial charge in [-0.05, 0) is 0 Å². The van der Waals surface area contributed by atoms with Gasteiger partial charge in [0, 0.05) is 0 Å². The Morgan fingerprint density at radius 2 is 1.79 bits per heavy atom. The van der Waals surface area contributed by atoms with Crippen molar-refractivity contribution in [3.05, 3.63) is 63.7 Å². The molecule has 0 heterocycles. The summed E-state index contributed by atoms with van der Waals surface area (Å²) in [7, 11) is 3.27. The van der Waals surface area contributed by atoms with Crippen LogP contribution in [-0.2, 0) is 6.42 Å². The third-order valence-electron chi connectivity index (χ3n) is 4.19. The van der Waals surface area contributed by atoms with Crippen LogP contribution in [0.2, 0.25) is 10.4 Å². The summed E-state index contributed by atoms with van der Waals surface area (Å²) >= 11 is -0.0608. The zero-order valence-electron chi connectivity index (χ0n) is 16.1. The zero-order valence-corrected chi connectivity index (χ0v) is 18.2. The molecule has 0 spiro atoms. The first-order valence-corrected chi connectivity index (χ1v) is 12.0. The minimum absolute atomic E-state index is 0.0172. The number of nitro groups is 1. The molecule has 0 radical (unpaired) electrons. The molecule has 0 aliphatic heterocycles. The summed E-state index contributed by atoms with van der Waals surface area (Å²) in [5, 5.41) is 15.8. The van der Waals surface area contributed by atoms with Gasteiger partial charge in [0.1, 0.15) is 0 Å². The van der Waals surface area contributed by atoms with E-state index in [4.69, 9.17) is 9.47 Å².